The molecule has 70 valence electrons. The Balaban J connectivity index is 0. The van der Waals surface area contributed by atoms with Gasteiger partial charge in [0.2, 0.25) is 0 Å². The summed E-state index contributed by atoms with van der Waals surface area (Å²) in [6.45, 7) is 2.14. The van der Waals surface area contributed by atoms with Crippen molar-refractivity contribution in [2.24, 2.45) is 0 Å². The van der Waals surface area contributed by atoms with Crippen molar-refractivity contribution in [3.63, 3.8) is 0 Å². The monoisotopic (exact) mass is 222 g/mol. The quantitative estimate of drug-likeness (QED) is 0.409. The Labute approximate surface area is 116 Å². The van der Waals surface area contributed by atoms with Crippen molar-refractivity contribution in [3.8, 4) is 0 Å². The third-order valence-corrected chi connectivity index (χ3v) is 1.69. The minimum absolute atomic E-state index is 0. The molecule has 0 aromatic rings. The Bertz CT molecular complexity index is 178. The van der Waals surface area contributed by atoms with E-state index in [-0.39, 0.29) is 58.0 Å². The molecule has 0 aromatic heterocycles. The number of hydrogen-bond donors (Lipinski definition) is 1. The third-order valence-electron chi connectivity index (χ3n) is 1.23. The topological polar surface area (TPSA) is 63.6 Å². The molecular weight excluding hydrogens is 207 g/mol. The van der Waals surface area contributed by atoms with Crippen molar-refractivity contribution in [2.45, 2.75) is 32.6 Å². The summed E-state index contributed by atoms with van der Waals surface area (Å²) >= 11 is 0. The molecule has 0 aliphatic heterocycles. The summed E-state index contributed by atoms with van der Waals surface area (Å²) in [5.74, 6) is 0. The summed E-state index contributed by atoms with van der Waals surface area (Å²) in [5.41, 5.74) is 0. The molecule has 0 heterocycles. The SMILES string of the molecule is CCCCCCOS(=O)(=O)O.[KH]. The van der Waals surface area contributed by atoms with Gasteiger partial charge in [-0.3, -0.25) is 4.55 Å². The second-order valence-electron chi connectivity index (χ2n) is 2.31. The van der Waals surface area contributed by atoms with Crippen LogP contribution in [0.3, 0.4) is 0 Å². The predicted octanol–water partition coefficient (Wildman–Crippen LogP) is 0.738. The zero-order chi connectivity index (χ0) is 8.74. The molecule has 0 aliphatic carbocycles. The van der Waals surface area contributed by atoms with Crippen molar-refractivity contribution in [1.82, 2.24) is 0 Å². The Morgan fingerprint density at radius 3 is 2.25 bits per heavy atom. The number of rotatable bonds is 6. The number of hydrogen-bond acceptors (Lipinski definition) is 3. The van der Waals surface area contributed by atoms with Gasteiger partial charge in [-0.05, 0) is 6.42 Å². The van der Waals surface area contributed by atoms with E-state index in [1.165, 1.54) is 0 Å². The molecule has 0 saturated carbocycles. The van der Waals surface area contributed by atoms with Crippen molar-refractivity contribution in [2.75, 3.05) is 6.61 Å². The first-order valence-electron chi connectivity index (χ1n) is 3.68. The van der Waals surface area contributed by atoms with Crippen molar-refractivity contribution in [3.05, 3.63) is 0 Å². The zero-order valence-corrected chi connectivity index (χ0v) is 7.43. The molecule has 0 spiro atoms. The summed E-state index contributed by atoms with van der Waals surface area (Å²) in [5, 5.41) is 0. The Morgan fingerprint density at radius 2 is 1.83 bits per heavy atom. The summed E-state index contributed by atoms with van der Waals surface area (Å²) in [4.78, 5) is 0. The fraction of sp³-hybridized carbons (Fsp3) is 1.00. The van der Waals surface area contributed by atoms with Crippen LogP contribution in [0.15, 0.2) is 0 Å². The summed E-state index contributed by atoms with van der Waals surface area (Å²) in [7, 11) is -4.21. The molecule has 0 amide bonds. The Hall–Kier alpha value is 1.51. The average molecular weight is 222 g/mol. The molecule has 12 heavy (non-hydrogen) atoms. The standard InChI is InChI=1S/C6H14O4S.K.H/c1-2-3-4-5-6-10-11(7,8)9;;/h2-6H2,1H3,(H,7,8,9);;. The van der Waals surface area contributed by atoms with E-state index in [0.717, 1.165) is 19.3 Å². The summed E-state index contributed by atoms with van der Waals surface area (Å²) in [6.07, 6.45) is 3.76. The van der Waals surface area contributed by atoms with Crippen molar-refractivity contribution in [1.29, 1.82) is 0 Å². The van der Waals surface area contributed by atoms with Gasteiger partial charge in [-0.15, -0.1) is 0 Å². The molecule has 0 radical (unpaired) electrons. The molecule has 6 heteroatoms. The first kappa shape index (κ1) is 16.0. The van der Waals surface area contributed by atoms with E-state index < -0.39 is 10.4 Å². The van der Waals surface area contributed by atoms with Crippen LogP contribution in [0.2, 0.25) is 0 Å². The van der Waals surface area contributed by atoms with Gasteiger partial charge in [0.15, 0.2) is 0 Å². The van der Waals surface area contributed by atoms with Gasteiger partial charge < -0.3 is 0 Å². The zero-order valence-electron chi connectivity index (χ0n) is 6.62. The maximum absolute atomic E-state index is 10.00. The van der Waals surface area contributed by atoms with Gasteiger partial charge in [0.25, 0.3) is 0 Å². The molecule has 4 nitrogen and oxygen atoms in total. The third kappa shape index (κ3) is 14.1. The second-order valence-corrected chi connectivity index (χ2v) is 3.40. The molecular formula is C6H15KO4S. The fourth-order valence-corrected chi connectivity index (χ4v) is 1.02. The molecule has 0 atom stereocenters. The molecule has 0 unspecified atom stereocenters. The van der Waals surface area contributed by atoms with Crippen LogP contribution in [0.5, 0.6) is 0 Å². The van der Waals surface area contributed by atoms with Gasteiger partial charge in [-0.25, -0.2) is 4.18 Å². The van der Waals surface area contributed by atoms with E-state index in [1.54, 1.807) is 0 Å². The van der Waals surface area contributed by atoms with Crippen LogP contribution in [0.1, 0.15) is 32.6 Å². The first-order valence-corrected chi connectivity index (χ1v) is 5.04. The van der Waals surface area contributed by atoms with Crippen LogP contribution >= 0.6 is 0 Å². The molecule has 0 aromatic carbocycles. The molecule has 0 aliphatic rings. The average Bonchev–Trinajstić information content (AvgIpc) is 1.85. The van der Waals surface area contributed by atoms with Gasteiger partial charge >= 0.3 is 61.8 Å². The van der Waals surface area contributed by atoms with E-state index in [4.69, 9.17) is 4.55 Å². The van der Waals surface area contributed by atoms with Crippen LogP contribution in [-0.4, -0.2) is 71.0 Å². The van der Waals surface area contributed by atoms with Gasteiger partial charge in [0.05, 0.1) is 6.61 Å². The molecule has 0 bridgehead atoms. The maximum atomic E-state index is 10.00. The first-order chi connectivity index (χ1) is 5.06. The van der Waals surface area contributed by atoms with Crippen molar-refractivity contribution >= 4 is 61.8 Å². The minimum atomic E-state index is -4.21. The molecule has 0 rings (SSSR count). The molecule has 0 fully saturated rings. The van der Waals surface area contributed by atoms with Gasteiger partial charge in [-0.2, -0.15) is 8.42 Å². The molecule has 1 N–H and O–H groups in total. The van der Waals surface area contributed by atoms with Crippen LogP contribution < -0.4 is 0 Å². The van der Waals surface area contributed by atoms with E-state index in [9.17, 15) is 8.42 Å². The van der Waals surface area contributed by atoms with Gasteiger partial charge in [0.1, 0.15) is 0 Å². The summed E-state index contributed by atoms with van der Waals surface area (Å²) in [6, 6.07) is 0. The molecule has 0 saturated heterocycles. The summed E-state index contributed by atoms with van der Waals surface area (Å²) < 4.78 is 32.2. The fourth-order valence-electron chi connectivity index (χ4n) is 0.693. The van der Waals surface area contributed by atoms with Crippen LogP contribution in [-0.2, 0) is 14.6 Å². The Morgan fingerprint density at radius 1 is 1.25 bits per heavy atom. The van der Waals surface area contributed by atoms with Crippen LogP contribution in [0, 0.1) is 0 Å². The second kappa shape index (κ2) is 9.08. The van der Waals surface area contributed by atoms with Crippen LogP contribution in [0.25, 0.3) is 0 Å². The number of unbranched alkanes of at least 4 members (excludes halogenated alkanes) is 3. The Kier molecular flexibility index (Phi) is 12.1. The van der Waals surface area contributed by atoms with E-state index in [2.05, 4.69) is 11.1 Å². The van der Waals surface area contributed by atoms with Crippen LogP contribution in [0.4, 0.5) is 0 Å². The van der Waals surface area contributed by atoms with Gasteiger partial charge in [-0.1, -0.05) is 26.2 Å². The van der Waals surface area contributed by atoms with E-state index in [1.807, 2.05) is 0 Å². The van der Waals surface area contributed by atoms with E-state index >= 15 is 0 Å². The van der Waals surface area contributed by atoms with Gasteiger partial charge in [0, 0.05) is 0 Å². The van der Waals surface area contributed by atoms with Crippen molar-refractivity contribution < 1.29 is 17.2 Å². The normalized spacial score (nSPS) is 10.8. The van der Waals surface area contributed by atoms with E-state index in [0.29, 0.717) is 6.42 Å². The predicted molar refractivity (Wildman–Crippen MR) is 48.8 cm³/mol.